The number of amides is 1. The summed E-state index contributed by atoms with van der Waals surface area (Å²) in [6, 6.07) is 14.3. The Morgan fingerprint density at radius 3 is 2.75 bits per heavy atom. The van der Waals surface area contributed by atoms with Crippen LogP contribution in [0.2, 0.25) is 0 Å². The average molecular weight is 448 g/mol. The first-order valence-electron chi connectivity index (χ1n) is 10.6. The third-order valence-electron chi connectivity index (χ3n) is 5.73. The van der Waals surface area contributed by atoms with Crippen LogP contribution in [0, 0.1) is 5.82 Å². The molecule has 6 nitrogen and oxygen atoms in total. The fourth-order valence-corrected chi connectivity index (χ4v) is 5.03. The van der Waals surface area contributed by atoms with Gasteiger partial charge in [-0.2, -0.15) is 0 Å². The Morgan fingerprint density at radius 2 is 1.97 bits per heavy atom. The van der Waals surface area contributed by atoms with Crippen LogP contribution in [0.25, 0.3) is 10.6 Å². The SMILES string of the molecule is O=C(c1ccc(Cn2ccnc2)cc1)N1CCC[C@@H](c2nnc(-c3ccccc3F)s2)C1. The van der Waals surface area contributed by atoms with Crippen molar-refractivity contribution < 1.29 is 9.18 Å². The van der Waals surface area contributed by atoms with Crippen molar-refractivity contribution in [3.8, 4) is 10.6 Å². The Kier molecular flexibility index (Phi) is 5.77. The summed E-state index contributed by atoms with van der Waals surface area (Å²) in [5.74, 6) is -0.152. The number of hydrogen-bond acceptors (Lipinski definition) is 5. The minimum absolute atomic E-state index is 0.0303. The van der Waals surface area contributed by atoms with Gasteiger partial charge in [-0.15, -0.1) is 10.2 Å². The smallest absolute Gasteiger partial charge is 0.253 e. The zero-order valence-electron chi connectivity index (χ0n) is 17.4. The largest absolute Gasteiger partial charge is 0.338 e. The van der Waals surface area contributed by atoms with Crippen LogP contribution in [0.15, 0.2) is 67.3 Å². The van der Waals surface area contributed by atoms with Crippen LogP contribution in [-0.4, -0.2) is 43.6 Å². The Hall–Kier alpha value is -3.39. The number of aromatic nitrogens is 4. The highest BCUT2D eigenvalue weighted by molar-refractivity contribution is 7.14. The van der Waals surface area contributed by atoms with Crippen molar-refractivity contribution in [3.63, 3.8) is 0 Å². The van der Waals surface area contributed by atoms with E-state index in [1.54, 1.807) is 30.7 Å². The molecule has 1 atom stereocenters. The average Bonchev–Trinajstić information content (AvgIpc) is 3.52. The lowest BCUT2D eigenvalue weighted by Gasteiger charge is -2.31. The number of carbonyl (C=O) groups excluding carboxylic acids is 1. The minimum Gasteiger partial charge on any atom is -0.338 e. The van der Waals surface area contributed by atoms with Crippen molar-refractivity contribution in [3.05, 3.63) is 89.2 Å². The maximum Gasteiger partial charge on any atom is 0.253 e. The normalized spacial score (nSPS) is 16.3. The van der Waals surface area contributed by atoms with E-state index in [1.165, 1.54) is 17.4 Å². The molecule has 0 bridgehead atoms. The maximum absolute atomic E-state index is 14.1. The monoisotopic (exact) mass is 447 g/mol. The molecule has 1 saturated heterocycles. The fraction of sp³-hybridized carbons (Fsp3) is 0.250. The van der Waals surface area contributed by atoms with E-state index >= 15 is 0 Å². The fourth-order valence-electron chi connectivity index (χ4n) is 4.03. The van der Waals surface area contributed by atoms with Crippen molar-refractivity contribution >= 4 is 17.2 Å². The quantitative estimate of drug-likeness (QED) is 0.448. The van der Waals surface area contributed by atoms with Crippen LogP contribution in [0.5, 0.6) is 0 Å². The van der Waals surface area contributed by atoms with Gasteiger partial charge in [0.05, 0.1) is 6.33 Å². The second kappa shape index (κ2) is 9.00. The van der Waals surface area contributed by atoms with Gasteiger partial charge in [-0.1, -0.05) is 35.6 Å². The summed E-state index contributed by atoms with van der Waals surface area (Å²) < 4.78 is 16.1. The van der Waals surface area contributed by atoms with Crippen molar-refractivity contribution in [1.29, 1.82) is 0 Å². The molecule has 0 spiro atoms. The Bertz CT molecular complexity index is 1210. The second-order valence-corrected chi connectivity index (χ2v) is 8.96. The van der Waals surface area contributed by atoms with E-state index in [4.69, 9.17) is 0 Å². The van der Waals surface area contributed by atoms with Crippen LogP contribution < -0.4 is 0 Å². The molecule has 1 aliphatic rings. The van der Waals surface area contributed by atoms with E-state index in [9.17, 15) is 9.18 Å². The molecule has 32 heavy (non-hydrogen) atoms. The van der Waals surface area contributed by atoms with Gasteiger partial charge in [0, 0.05) is 49.1 Å². The highest BCUT2D eigenvalue weighted by Crippen LogP contribution is 2.33. The molecule has 0 N–H and O–H groups in total. The van der Waals surface area contributed by atoms with Crippen molar-refractivity contribution in [2.24, 2.45) is 0 Å². The first-order valence-corrected chi connectivity index (χ1v) is 11.4. The highest BCUT2D eigenvalue weighted by Gasteiger charge is 2.28. The van der Waals surface area contributed by atoms with E-state index in [0.29, 0.717) is 22.7 Å². The van der Waals surface area contributed by atoms with Crippen LogP contribution >= 0.6 is 11.3 Å². The molecule has 0 saturated carbocycles. The number of hydrogen-bond donors (Lipinski definition) is 0. The number of halogens is 1. The number of imidazole rings is 1. The molecule has 1 amide bonds. The summed E-state index contributed by atoms with van der Waals surface area (Å²) in [6.45, 7) is 2.05. The predicted octanol–water partition coefficient (Wildman–Crippen LogP) is 4.61. The number of benzene rings is 2. The lowest BCUT2D eigenvalue weighted by molar-refractivity contribution is 0.0707. The molecule has 4 aromatic rings. The highest BCUT2D eigenvalue weighted by atomic mass is 32.1. The van der Waals surface area contributed by atoms with Crippen molar-refractivity contribution in [2.75, 3.05) is 13.1 Å². The summed E-state index contributed by atoms with van der Waals surface area (Å²) >= 11 is 1.41. The Balaban J connectivity index is 1.27. The molecule has 2 aromatic heterocycles. The van der Waals surface area contributed by atoms with E-state index < -0.39 is 0 Å². The number of carbonyl (C=O) groups is 1. The van der Waals surface area contributed by atoms with E-state index in [-0.39, 0.29) is 17.6 Å². The Morgan fingerprint density at radius 1 is 1.12 bits per heavy atom. The Labute approximate surface area is 189 Å². The first kappa shape index (κ1) is 20.5. The molecule has 2 aromatic carbocycles. The minimum atomic E-state index is -0.299. The van der Waals surface area contributed by atoms with Crippen LogP contribution in [0.1, 0.15) is 39.7 Å². The molecule has 162 valence electrons. The van der Waals surface area contributed by atoms with Gasteiger partial charge in [-0.25, -0.2) is 9.37 Å². The number of nitrogens with zero attached hydrogens (tertiary/aromatic N) is 5. The van der Waals surface area contributed by atoms with E-state index in [0.717, 1.165) is 36.5 Å². The number of piperidine rings is 1. The van der Waals surface area contributed by atoms with Crippen LogP contribution in [-0.2, 0) is 6.54 Å². The van der Waals surface area contributed by atoms with Gasteiger partial charge >= 0.3 is 0 Å². The lowest BCUT2D eigenvalue weighted by atomic mass is 9.98. The summed E-state index contributed by atoms with van der Waals surface area (Å²) in [7, 11) is 0. The van der Waals surface area contributed by atoms with Crippen molar-refractivity contribution in [1.82, 2.24) is 24.6 Å². The summed E-state index contributed by atoms with van der Waals surface area (Å²) in [5.41, 5.74) is 2.27. The van der Waals surface area contributed by atoms with Crippen LogP contribution in [0.4, 0.5) is 4.39 Å². The number of rotatable bonds is 5. The molecule has 0 unspecified atom stereocenters. The molecule has 1 fully saturated rings. The van der Waals surface area contributed by atoms with Gasteiger partial charge in [-0.05, 0) is 42.7 Å². The zero-order valence-corrected chi connectivity index (χ0v) is 18.2. The second-order valence-electron chi connectivity index (χ2n) is 7.95. The van der Waals surface area contributed by atoms with Gasteiger partial charge in [-0.3, -0.25) is 4.79 Å². The summed E-state index contributed by atoms with van der Waals surface area (Å²) in [6.07, 6.45) is 7.29. The molecule has 0 radical (unpaired) electrons. The zero-order chi connectivity index (χ0) is 21.9. The van der Waals surface area contributed by atoms with Gasteiger partial charge in [0.1, 0.15) is 10.8 Å². The van der Waals surface area contributed by atoms with Gasteiger partial charge < -0.3 is 9.47 Å². The van der Waals surface area contributed by atoms with Gasteiger partial charge in [0.25, 0.3) is 5.91 Å². The first-order chi connectivity index (χ1) is 15.7. The summed E-state index contributed by atoms with van der Waals surface area (Å²) in [5, 5.41) is 9.97. The molecule has 8 heteroatoms. The van der Waals surface area contributed by atoms with Crippen LogP contribution in [0.3, 0.4) is 0 Å². The lowest BCUT2D eigenvalue weighted by Crippen LogP contribution is -2.39. The predicted molar refractivity (Wildman–Crippen MR) is 121 cm³/mol. The van der Waals surface area contributed by atoms with Gasteiger partial charge in [0.15, 0.2) is 5.01 Å². The summed E-state index contributed by atoms with van der Waals surface area (Å²) in [4.78, 5) is 19.1. The van der Waals surface area contributed by atoms with E-state index in [2.05, 4.69) is 15.2 Å². The molecule has 1 aliphatic heterocycles. The van der Waals surface area contributed by atoms with Gasteiger partial charge in [0.2, 0.25) is 0 Å². The maximum atomic E-state index is 14.1. The van der Waals surface area contributed by atoms with E-state index in [1.807, 2.05) is 39.9 Å². The standard InChI is InChI=1S/C24H22FN5OS/c25-21-6-2-1-5-20(21)23-28-27-22(32-23)19-4-3-12-30(15-19)24(31)18-9-7-17(8-10-18)14-29-13-11-26-16-29/h1-2,5-11,13,16,19H,3-4,12,14-15H2/t19-/m1/s1. The molecule has 0 aliphatic carbocycles. The molecular weight excluding hydrogens is 425 g/mol. The third-order valence-corrected chi connectivity index (χ3v) is 6.85. The molecule has 3 heterocycles. The molecule has 5 rings (SSSR count). The third kappa shape index (κ3) is 4.31. The van der Waals surface area contributed by atoms with Crippen molar-refractivity contribution in [2.45, 2.75) is 25.3 Å². The number of likely N-dealkylation sites (tertiary alicyclic amines) is 1. The molecular formula is C24H22FN5OS. The topological polar surface area (TPSA) is 63.9 Å².